The summed E-state index contributed by atoms with van der Waals surface area (Å²) in [4.78, 5) is 14.7. The normalized spacial score (nSPS) is 12.4. The molecule has 1 rings (SSSR count). The number of para-hydroxylation sites is 1. The molecule has 106 valence electrons. The molecule has 1 aromatic rings. The molecular weight excluding hydrogens is 236 g/mol. The van der Waals surface area contributed by atoms with E-state index in [1.165, 1.54) is 0 Å². The first-order chi connectivity index (χ1) is 8.63. The van der Waals surface area contributed by atoms with Crippen LogP contribution >= 0.6 is 0 Å². The first-order valence-corrected chi connectivity index (χ1v) is 6.79. The summed E-state index contributed by atoms with van der Waals surface area (Å²) >= 11 is 0. The molecule has 0 spiro atoms. The molecule has 0 atom stereocenters. The van der Waals surface area contributed by atoms with E-state index in [1.54, 1.807) is 0 Å². The quantitative estimate of drug-likeness (QED) is 0.906. The minimum Gasteiger partial charge on any atom is -0.325 e. The van der Waals surface area contributed by atoms with Gasteiger partial charge in [-0.15, -0.1) is 0 Å². The highest BCUT2D eigenvalue weighted by Gasteiger charge is 2.43. The molecule has 0 bridgehead atoms. The maximum Gasteiger partial charge on any atom is 0.234 e. The summed E-state index contributed by atoms with van der Waals surface area (Å²) in [5, 5.41) is 0. The van der Waals surface area contributed by atoms with Crippen molar-refractivity contribution in [2.75, 3.05) is 11.4 Å². The predicted molar refractivity (Wildman–Crippen MR) is 81.3 cm³/mol. The number of rotatable bonds is 4. The molecule has 0 aliphatic heterocycles. The Labute approximate surface area is 116 Å². The fourth-order valence-electron chi connectivity index (χ4n) is 1.90. The lowest BCUT2D eigenvalue weighted by atomic mass is 9.74. The van der Waals surface area contributed by atoms with Crippen molar-refractivity contribution in [3.05, 3.63) is 29.8 Å². The van der Waals surface area contributed by atoms with Gasteiger partial charge in [0.1, 0.15) is 0 Å². The fraction of sp³-hybridized carbons (Fsp3) is 0.562. The number of carbonyl (C=O) groups is 1. The third-order valence-corrected chi connectivity index (χ3v) is 4.11. The Bertz CT molecular complexity index is 458. The average molecular weight is 262 g/mol. The van der Waals surface area contributed by atoms with Crippen LogP contribution in [-0.4, -0.2) is 18.0 Å². The Morgan fingerprint density at radius 1 is 1.21 bits per heavy atom. The van der Waals surface area contributed by atoms with Gasteiger partial charge in [-0.3, -0.25) is 4.79 Å². The molecule has 0 radical (unpaired) electrons. The van der Waals surface area contributed by atoms with Crippen LogP contribution in [0, 0.1) is 12.3 Å². The Balaban J connectivity index is 3.19. The minimum atomic E-state index is -0.620. The van der Waals surface area contributed by atoms with Gasteiger partial charge >= 0.3 is 0 Å². The molecule has 2 N–H and O–H groups in total. The van der Waals surface area contributed by atoms with E-state index in [2.05, 4.69) is 0 Å². The van der Waals surface area contributed by atoms with Gasteiger partial charge in [-0.2, -0.15) is 0 Å². The molecule has 0 unspecified atom stereocenters. The first kappa shape index (κ1) is 15.7. The van der Waals surface area contributed by atoms with Gasteiger partial charge in [-0.1, -0.05) is 18.2 Å². The zero-order chi connectivity index (χ0) is 14.8. The van der Waals surface area contributed by atoms with Crippen molar-refractivity contribution in [2.24, 2.45) is 11.1 Å². The summed E-state index contributed by atoms with van der Waals surface area (Å²) in [7, 11) is 0. The summed E-state index contributed by atoms with van der Waals surface area (Å²) < 4.78 is 0. The van der Waals surface area contributed by atoms with Gasteiger partial charge in [-0.05, 0) is 53.2 Å². The second kappa shape index (κ2) is 5.33. The Morgan fingerprint density at radius 3 is 2.16 bits per heavy atom. The lowest BCUT2D eigenvalue weighted by Gasteiger charge is -2.40. The number of hydrogen-bond acceptors (Lipinski definition) is 2. The molecule has 0 aliphatic carbocycles. The smallest absolute Gasteiger partial charge is 0.234 e. The minimum absolute atomic E-state index is 0.0665. The Hall–Kier alpha value is -1.35. The van der Waals surface area contributed by atoms with E-state index in [0.29, 0.717) is 6.54 Å². The highest BCUT2D eigenvalue weighted by molar-refractivity contribution is 5.98. The second-order valence-electron chi connectivity index (χ2n) is 6.18. The van der Waals surface area contributed by atoms with E-state index >= 15 is 0 Å². The number of anilines is 1. The van der Waals surface area contributed by atoms with E-state index in [4.69, 9.17) is 5.73 Å². The third kappa shape index (κ3) is 2.98. The van der Waals surface area contributed by atoms with Crippen LogP contribution in [0.4, 0.5) is 5.69 Å². The van der Waals surface area contributed by atoms with Crippen molar-refractivity contribution in [3.63, 3.8) is 0 Å². The van der Waals surface area contributed by atoms with Gasteiger partial charge in [0.2, 0.25) is 5.91 Å². The van der Waals surface area contributed by atoms with Crippen molar-refractivity contribution in [3.8, 4) is 0 Å². The van der Waals surface area contributed by atoms with Crippen LogP contribution in [0.1, 0.15) is 40.2 Å². The van der Waals surface area contributed by atoms with E-state index < -0.39 is 11.0 Å². The molecule has 3 heteroatoms. The number of hydrogen-bond donors (Lipinski definition) is 1. The molecule has 0 aromatic heterocycles. The maximum atomic E-state index is 12.8. The third-order valence-electron chi connectivity index (χ3n) is 4.11. The van der Waals surface area contributed by atoms with Gasteiger partial charge in [0.05, 0.1) is 5.41 Å². The van der Waals surface area contributed by atoms with Crippen LogP contribution < -0.4 is 10.6 Å². The van der Waals surface area contributed by atoms with E-state index in [-0.39, 0.29) is 5.91 Å². The molecule has 0 saturated heterocycles. The van der Waals surface area contributed by atoms with Gasteiger partial charge in [0.15, 0.2) is 0 Å². The number of aryl methyl sites for hydroxylation is 1. The van der Waals surface area contributed by atoms with Crippen LogP contribution in [0.15, 0.2) is 24.3 Å². The van der Waals surface area contributed by atoms with Crippen molar-refractivity contribution in [1.29, 1.82) is 0 Å². The monoisotopic (exact) mass is 262 g/mol. The molecular formula is C16H26N2O. The standard InChI is InChI=1S/C16H26N2O/c1-7-18(13-11-9-8-10-12(13)2)14(19)15(3,4)16(5,6)17/h8-11H,7,17H2,1-6H3. The van der Waals surface area contributed by atoms with Crippen molar-refractivity contribution in [2.45, 2.75) is 47.1 Å². The van der Waals surface area contributed by atoms with Crippen LogP contribution in [0.2, 0.25) is 0 Å². The number of carbonyl (C=O) groups excluding carboxylic acids is 1. The lowest BCUT2D eigenvalue weighted by molar-refractivity contribution is -0.129. The van der Waals surface area contributed by atoms with Gasteiger partial charge in [-0.25, -0.2) is 0 Å². The number of nitrogens with zero attached hydrogens (tertiary/aromatic N) is 1. The highest BCUT2D eigenvalue weighted by atomic mass is 16.2. The van der Waals surface area contributed by atoms with Crippen LogP contribution in [-0.2, 0) is 4.79 Å². The number of nitrogens with two attached hydrogens (primary N) is 1. The highest BCUT2D eigenvalue weighted by Crippen LogP contribution is 2.33. The second-order valence-corrected chi connectivity index (χ2v) is 6.18. The van der Waals surface area contributed by atoms with Crippen molar-refractivity contribution in [1.82, 2.24) is 0 Å². The summed E-state index contributed by atoms with van der Waals surface area (Å²) in [6, 6.07) is 7.94. The Kier molecular flexibility index (Phi) is 4.41. The van der Waals surface area contributed by atoms with Gasteiger partial charge < -0.3 is 10.6 Å². The maximum absolute atomic E-state index is 12.8. The molecule has 1 aromatic carbocycles. The van der Waals surface area contributed by atoms with E-state index in [1.807, 2.05) is 70.7 Å². The number of benzene rings is 1. The summed E-state index contributed by atoms with van der Waals surface area (Å²) in [5.41, 5.74) is 7.05. The Morgan fingerprint density at radius 2 is 1.74 bits per heavy atom. The summed E-state index contributed by atoms with van der Waals surface area (Å²) in [5.74, 6) is 0.0665. The fourth-order valence-corrected chi connectivity index (χ4v) is 1.90. The molecule has 0 aliphatic rings. The summed E-state index contributed by atoms with van der Waals surface area (Å²) in [6.45, 7) is 12.3. The molecule has 3 nitrogen and oxygen atoms in total. The van der Waals surface area contributed by atoms with E-state index in [9.17, 15) is 4.79 Å². The summed E-state index contributed by atoms with van der Waals surface area (Å²) in [6.07, 6.45) is 0. The lowest BCUT2D eigenvalue weighted by Crippen LogP contribution is -2.56. The van der Waals surface area contributed by atoms with Crippen molar-refractivity contribution < 1.29 is 4.79 Å². The molecule has 19 heavy (non-hydrogen) atoms. The molecule has 0 saturated carbocycles. The van der Waals surface area contributed by atoms with Crippen LogP contribution in [0.25, 0.3) is 0 Å². The van der Waals surface area contributed by atoms with Crippen LogP contribution in [0.3, 0.4) is 0 Å². The van der Waals surface area contributed by atoms with Gasteiger partial charge in [0.25, 0.3) is 0 Å². The zero-order valence-corrected chi connectivity index (χ0v) is 12.9. The largest absolute Gasteiger partial charge is 0.325 e. The average Bonchev–Trinajstić information content (AvgIpc) is 2.30. The SMILES string of the molecule is CCN(C(=O)C(C)(C)C(C)(C)N)c1ccccc1C. The first-order valence-electron chi connectivity index (χ1n) is 6.79. The van der Waals surface area contributed by atoms with E-state index in [0.717, 1.165) is 11.3 Å². The number of amides is 1. The van der Waals surface area contributed by atoms with Gasteiger partial charge in [0, 0.05) is 17.8 Å². The topological polar surface area (TPSA) is 46.3 Å². The van der Waals surface area contributed by atoms with Crippen LogP contribution in [0.5, 0.6) is 0 Å². The van der Waals surface area contributed by atoms with Crippen molar-refractivity contribution >= 4 is 11.6 Å². The molecule has 0 heterocycles. The molecule has 0 fully saturated rings. The zero-order valence-electron chi connectivity index (χ0n) is 12.9. The predicted octanol–water partition coefficient (Wildman–Crippen LogP) is 3.11. The molecule has 1 amide bonds.